The highest BCUT2D eigenvalue weighted by Crippen LogP contribution is 2.38. The number of aliphatic carboxylic acids is 1. The maximum absolute atomic E-state index is 11.0. The van der Waals surface area contributed by atoms with E-state index in [0.29, 0.717) is 28.7 Å². The summed E-state index contributed by atoms with van der Waals surface area (Å²) >= 11 is 0. The molecule has 0 unspecified atom stereocenters. The Morgan fingerprint density at radius 1 is 1.23 bits per heavy atom. The fraction of sp³-hybridized carbons (Fsp3) is 0.120. The number of benzene rings is 2. The molecule has 0 fully saturated rings. The van der Waals surface area contributed by atoms with Gasteiger partial charge in [-0.2, -0.15) is 5.26 Å². The van der Waals surface area contributed by atoms with Crippen LogP contribution in [0.15, 0.2) is 96.6 Å². The van der Waals surface area contributed by atoms with Crippen molar-refractivity contribution in [3.8, 4) is 17.6 Å². The third kappa shape index (κ3) is 5.64. The van der Waals surface area contributed by atoms with Crippen molar-refractivity contribution >= 4 is 11.7 Å². The number of hydrogen-bond acceptors (Lipinski definition) is 5. The molecule has 2 aromatic carbocycles. The minimum absolute atomic E-state index is 0.0418. The molecule has 0 aromatic heterocycles. The van der Waals surface area contributed by atoms with E-state index >= 15 is 0 Å². The number of ether oxygens (including phenoxy) is 2. The lowest BCUT2D eigenvalue weighted by atomic mass is 10.2. The quantitative estimate of drug-likeness (QED) is 0.367. The monoisotopic (exact) mass is 414 g/mol. The van der Waals surface area contributed by atoms with E-state index in [9.17, 15) is 10.1 Å². The molecule has 1 heterocycles. The van der Waals surface area contributed by atoms with Crippen LogP contribution in [0.1, 0.15) is 12.0 Å². The zero-order chi connectivity index (χ0) is 22.2. The molecule has 0 saturated heterocycles. The van der Waals surface area contributed by atoms with Gasteiger partial charge in [0, 0.05) is 12.6 Å². The Bertz CT molecular complexity index is 1120. The second-order valence-electron chi connectivity index (χ2n) is 6.77. The average Bonchev–Trinajstić information content (AvgIpc) is 3.11. The van der Waals surface area contributed by atoms with Crippen LogP contribution in [0.3, 0.4) is 0 Å². The fourth-order valence-electron chi connectivity index (χ4n) is 2.94. The summed E-state index contributed by atoms with van der Waals surface area (Å²) in [7, 11) is 0. The smallest absolute Gasteiger partial charge is 0.305 e. The van der Waals surface area contributed by atoms with Crippen LogP contribution in [-0.2, 0) is 4.79 Å². The van der Waals surface area contributed by atoms with Crippen LogP contribution in [0.25, 0.3) is 0 Å². The fourth-order valence-corrected chi connectivity index (χ4v) is 2.94. The van der Waals surface area contributed by atoms with Gasteiger partial charge in [-0.05, 0) is 48.9 Å². The number of allylic oxidation sites excluding steroid dienone is 5. The van der Waals surface area contributed by atoms with Gasteiger partial charge in [0.2, 0.25) is 5.88 Å². The lowest BCUT2D eigenvalue weighted by Gasteiger charge is -2.16. The number of carboxylic acids is 1. The molecule has 6 heteroatoms. The molecule has 1 aliphatic heterocycles. The third-order valence-electron chi connectivity index (χ3n) is 4.50. The van der Waals surface area contributed by atoms with Crippen molar-refractivity contribution in [3.05, 3.63) is 102 Å². The summed E-state index contributed by atoms with van der Waals surface area (Å²) in [6, 6.07) is 17.1. The van der Waals surface area contributed by atoms with E-state index in [1.165, 1.54) is 0 Å². The van der Waals surface area contributed by atoms with Gasteiger partial charge in [0.05, 0.1) is 23.8 Å². The molecule has 0 saturated carbocycles. The summed E-state index contributed by atoms with van der Waals surface area (Å²) in [6.07, 6.45) is 6.43. The summed E-state index contributed by atoms with van der Waals surface area (Å²) in [5.74, 6) is 1.30. The molecule has 156 valence electrons. The number of anilines is 1. The summed E-state index contributed by atoms with van der Waals surface area (Å²) < 4.78 is 11.5. The van der Waals surface area contributed by atoms with Crippen LogP contribution in [-0.4, -0.2) is 17.6 Å². The first-order chi connectivity index (χ1) is 15.0. The molecule has 1 N–H and O–H groups in total. The van der Waals surface area contributed by atoms with Gasteiger partial charge in [-0.15, -0.1) is 0 Å². The highest BCUT2D eigenvalue weighted by molar-refractivity contribution is 5.71. The number of fused-ring (bicyclic) bond motifs is 1. The lowest BCUT2D eigenvalue weighted by molar-refractivity contribution is -0.136. The minimum Gasteiger partial charge on any atom is -0.481 e. The van der Waals surface area contributed by atoms with E-state index in [1.807, 2.05) is 55.5 Å². The number of hydrogen-bond donors (Lipinski definition) is 1. The van der Waals surface area contributed by atoms with Crippen LogP contribution >= 0.6 is 0 Å². The van der Waals surface area contributed by atoms with Gasteiger partial charge in [0.25, 0.3) is 0 Å². The first kappa shape index (κ1) is 21.5. The molecule has 1 aliphatic rings. The van der Waals surface area contributed by atoms with Gasteiger partial charge < -0.3 is 19.5 Å². The van der Waals surface area contributed by atoms with E-state index in [0.717, 1.165) is 11.3 Å². The zero-order valence-corrected chi connectivity index (χ0v) is 17.1. The standard InChI is InChI=1S/C25H22N2O4/c1-18-7-3-5-9-22(18)30-19(2)11-12-20(17-26)13-14-24-27(16-15-25(28)29)21-8-4-6-10-23(21)31-24/h3-14H,2,15-16H2,1H3,(H,28,29)/b12-11+,20-13-,24-14-. The summed E-state index contributed by atoms with van der Waals surface area (Å²) in [4.78, 5) is 12.8. The van der Waals surface area contributed by atoms with Crippen LogP contribution in [0.4, 0.5) is 5.69 Å². The molecule has 0 atom stereocenters. The maximum atomic E-state index is 11.0. The molecule has 31 heavy (non-hydrogen) atoms. The number of rotatable bonds is 8. The number of carbonyl (C=O) groups is 1. The van der Waals surface area contributed by atoms with Crippen molar-refractivity contribution < 1.29 is 19.4 Å². The topological polar surface area (TPSA) is 82.8 Å². The Morgan fingerprint density at radius 2 is 1.97 bits per heavy atom. The van der Waals surface area contributed by atoms with Gasteiger partial charge in [-0.3, -0.25) is 4.79 Å². The second-order valence-corrected chi connectivity index (χ2v) is 6.77. The highest BCUT2D eigenvalue weighted by atomic mass is 16.5. The Kier molecular flexibility index (Phi) is 6.92. The largest absolute Gasteiger partial charge is 0.481 e. The van der Waals surface area contributed by atoms with Crippen molar-refractivity contribution in [3.63, 3.8) is 0 Å². The van der Waals surface area contributed by atoms with Crippen molar-refractivity contribution in [2.24, 2.45) is 0 Å². The number of carboxylic acid groups (broad SMARTS) is 1. The van der Waals surface area contributed by atoms with E-state index in [4.69, 9.17) is 14.6 Å². The van der Waals surface area contributed by atoms with E-state index in [-0.39, 0.29) is 13.0 Å². The van der Waals surface area contributed by atoms with E-state index in [1.54, 1.807) is 29.2 Å². The predicted octanol–water partition coefficient (Wildman–Crippen LogP) is 5.11. The highest BCUT2D eigenvalue weighted by Gasteiger charge is 2.25. The lowest BCUT2D eigenvalue weighted by Crippen LogP contribution is -2.23. The normalized spacial score (nSPS) is 14.3. The van der Waals surface area contributed by atoms with Gasteiger partial charge in [0.1, 0.15) is 11.5 Å². The summed E-state index contributed by atoms with van der Waals surface area (Å²) in [5.41, 5.74) is 2.13. The molecule has 0 aliphatic carbocycles. The predicted molar refractivity (Wildman–Crippen MR) is 119 cm³/mol. The number of nitrogens with zero attached hydrogens (tertiary/aromatic N) is 2. The van der Waals surface area contributed by atoms with E-state index < -0.39 is 5.97 Å². The number of nitriles is 1. The minimum atomic E-state index is -0.896. The van der Waals surface area contributed by atoms with Crippen LogP contribution in [0.5, 0.6) is 11.5 Å². The molecular weight excluding hydrogens is 392 g/mol. The third-order valence-corrected chi connectivity index (χ3v) is 4.50. The molecule has 0 bridgehead atoms. The molecule has 6 nitrogen and oxygen atoms in total. The van der Waals surface area contributed by atoms with Crippen molar-refractivity contribution in [1.82, 2.24) is 0 Å². The number of aryl methyl sites for hydroxylation is 1. The first-order valence-electron chi connectivity index (χ1n) is 9.66. The van der Waals surface area contributed by atoms with Crippen molar-refractivity contribution in [2.75, 3.05) is 11.4 Å². The van der Waals surface area contributed by atoms with Crippen LogP contribution in [0, 0.1) is 18.3 Å². The summed E-state index contributed by atoms with van der Waals surface area (Å²) in [6.45, 7) is 6.06. The Morgan fingerprint density at radius 3 is 2.71 bits per heavy atom. The molecule has 0 spiro atoms. The summed E-state index contributed by atoms with van der Waals surface area (Å²) in [5, 5.41) is 18.5. The number of para-hydroxylation sites is 3. The SMILES string of the molecule is C=C(/C=C/C(C#N)=C/C=C1\Oc2ccccc2N1CCC(=O)O)Oc1ccccc1C. The van der Waals surface area contributed by atoms with Gasteiger partial charge in [-0.1, -0.05) is 36.9 Å². The van der Waals surface area contributed by atoms with Crippen molar-refractivity contribution in [2.45, 2.75) is 13.3 Å². The molecule has 0 amide bonds. The van der Waals surface area contributed by atoms with Crippen LogP contribution in [0.2, 0.25) is 0 Å². The average molecular weight is 414 g/mol. The Balaban J connectivity index is 1.74. The molecular formula is C25H22N2O4. The van der Waals surface area contributed by atoms with Gasteiger partial charge >= 0.3 is 5.97 Å². The zero-order valence-electron chi connectivity index (χ0n) is 17.1. The van der Waals surface area contributed by atoms with Gasteiger partial charge in [0.15, 0.2) is 5.75 Å². The Labute approximate surface area is 181 Å². The molecule has 2 aromatic rings. The first-order valence-corrected chi connectivity index (χ1v) is 9.66. The van der Waals surface area contributed by atoms with Crippen molar-refractivity contribution in [1.29, 1.82) is 5.26 Å². The Hall–Kier alpha value is -4.24. The van der Waals surface area contributed by atoms with E-state index in [2.05, 4.69) is 12.6 Å². The van der Waals surface area contributed by atoms with Crippen LogP contribution < -0.4 is 14.4 Å². The van der Waals surface area contributed by atoms with Gasteiger partial charge in [-0.25, -0.2) is 0 Å². The molecule has 3 rings (SSSR count). The maximum Gasteiger partial charge on any atom is 0.305 e. The second kappa shape index (κ2) is 9.99. The molecule has 0 radical (unpaired) electrons.